The van der Waals surface area contributed by atoms with Crippen molar-refractivity contribution >= 4 is 28.4 Å². The largest absolute Gasteiger partial charge is 0.353 e. The van der Waals surface area contributed by atoms with Gasteiger partial charge in [0.15, 0.2) is 5.82 Å². The van der Waals surface area contributed by atoms with Gasteiger partial charge in [-0.25, -0.2) is 4.39 Å². The first-order chi connectivity index (χ1) is 14.5. The zero-order chi connectivity index (χ0) is 20.8. The smallest absolute Gasteiger partial charge is 0.160 e. The Bertz CT molecular complexity index is 1280. The summed E-state index contributed by atoms with van der Waals surface area (Å²) in [5, 5.41) is 12.8. The summed E-state index contributed by atoms with van der Waals surface area (Å²) in [7, 11) is 0. The molecule has 1 N–H and O–H groups in total. The highest BCUT2D eigenvalue weighted by molar-refractivity contribution is 7.15. The maximum absolute atomic E-state index is 13.9. The van der Waals surface area contributed by atoms with Crippen LogP contribution >= 0.6 is 11.3 Å². The van der Waals surface area contributed by atoms with Crippen LogP contribution in [0.1, 0.15) is 33.2 Å². The zero-order valence-electron chi connectivity index (χ0n) is 16.9. The molecule has 0 bridgehead atoms. The van der Waals surface area contributed by atoms with Gasteiger partial charge in [0.1, 0.15) is 23.2 Å². The Balaban J connectivity index is 1.55. The number of thiophene rings is 1. The monoisotopic (exact) mass is 417 g/mol. The predicted molar refractivity (Wildman–Crippen MR) is 119 cm³/mol. The van der Waals surface area contributed by atoms with Gasteiger partial charge in [-0.1, -0.05) is 24.3 Å². The summed E-state index contributed by atoms with van der Waals surface area (Å²) in [5.74, 6) is 1.44. The summed E-state index contributed by atoms with van der Waals surface area (Å²) in [6, 6.07) is 14.6. The molecule has 30 heavy (non-hydrogen) atoms. The van der Waals surface area contributed by atoms with E-state index in [0.29, 0.717) is 12.2 Å². The van der Waals surface area contributed by atoms with Crippen LogP contribution in [0.4, 0.5) is 15.8 Å². The normalized spacial score (nSPS) is 12.7. The van der Waals surface area contributed by atoms with Crippen molar-refractivity contribution in [2.45, 2.75) is 27.3 Å². The van der Waals surface area contributed by atoms with Crippen LogP contribution in [0.2, 0.25) is 0 Å². The second-order valence-corrected chi connectivity index (χ2v) is 8.51. The van der Waals surface area contributed by atoms with Crippen LogP contribution in [0, 0.1) is 26.6 Å². The first-order valence-corrected chi connectivity index (χ1v) is 10.5. The highest BCUT2D eigenvalue weighted by Gasteiger charge is 2.26. The third-order valence-electron chi connectivity index (χ3n) is 5.39. The standard InChI is InChI=1S/C23H20FN5S/c1-13-14(2)30-23-21(13)22(25-12-20-28-27-15(3)29(20)23)16-8-10-17(11-9-16)26-19-7-5-4-6-18(19)24/h4-11,26H,12H2,1-3H3. The molecule has 0 saturated heterocycles. The van der Waals surface area contributed by atoms with Gasteiger partial charge in [0.05, 0.1) is 11.4 Å². The predicted octanol–water partition coefficient (Wildman–Crippen LogP) is 5.49. The van der Waals surface area contributed by atoms with Gasteiger partial charge in [-0.05, 0) is 50.6 Å². The fraction of sp³-hybridized carbons (Fsp3) is 0.174. The number of nitrogens with one attached hydrogen (secondary N) is 1. The number of fused-ring (bicyclic) bond motifs is 3. The first-order valence-electron chi connectivity index (χ1n) is 9.71. The number of rotatable bonds is 3. The minimum absolute atomic E-state index is 0.276. The van der Waals surface area contributed by atoms with E-state index in [1.54, 1.807) is 23.5 Å². The van der Waals surface area contributed by atoms with E-state index in [2.05, 4.69) is 33.9 Å². The second kappa shape index (κ2) is 7.18. The van der Waals surface area contributed by atoms with Gasteiger partial charge in [0.2, 0.25) is 0 Å². The van der Waals surface area contributed by atoms with Crippen molar-refractivity contribution in [3.63, 3.8) is 0 Å². The number of nitrogens with zero attached hydrogens (tertiary/aromatic N) is 4. The van der Waals surface area contributed by atoms with Crippen molar-refractivity contribution < 1.29 is 4.39 Å². The van der Waals surface area contributed by atoms with Gasteiger partial charge in [0, 0.05) is 21.7 Å². The third kappa shape index (κ3) is 3.02. The summed E-state index contributed by atoms with van der Waals surface area (Å²) in [5.41, 5.74) is 5.61. The second-order valence-electron chi connectivity index (χ2n) is 7.31. The van der Waals surface area contributed by atoms with Gasteiger partial charge in [-0.15, -0.1) is 21.5 Å². The molecule has 0 radical (unpaired) electrons. The van der Waals surface area contributed by atoms with E-state index < -0.39 is 0 Å². The SMILES string of the molecule is Cc1sc2c(c1C)C(c1ccc(Nc3ccccc3F)cc1)=NCc1nnc(C)n1-2. The van der Waals surface area contributed by atoms with Gasteiger partial charge in [-0.2, -0.15) is 0 Å². The van der Waals surface area contributed by atoms with Crippen molar-refractivity contribution in [2.75, 3.05) is 5.32 Å². The molecule has 1 aliphatic rings. The molecule has 0 aliphatic carbocycles. The van der Waals surface area contributed by atoms with Crippen LogP contribution in [0.5, 0.6) is 0 Å². The Morgan fingerprint density at radius 3 is 2.53 bits per heavy atom. The lowest BCUT2D eigenvalue weighted by molar-refractivity contribution is 0.632. The van der Waals surface area contributed by atoms with Crippen LogP contribution in [0.3, 0.4) is 0 Å². The number of aliphatic imine (C=N–C) groups is 1. The van der Waals surface area contributed by atoms with Crippen molar-refractivity contribution in [2.24, 2.45) is 4.99 Å². The van der Waals surface area contributed by atoms with Crippen LogP contribution < -0.4 is 5.32 Å². The number of halogens is 1. The van der Waals surface area contributed by atoms with Gasteiger partial charge in [-0.3, -0.25) is 9.56 Å². The molecule has 5 rings (SSSR count). The fourth-order valence-corrected chi connectivity index (χ4v) is 4.94. The molecule has 7 heteroatoms. The number of aryl methyl sites for hydroxylation is 2. The first kappa shape index (κ1) is 18.7. The molecule has 0 saturated carbocycles. The van der Waals surface area contributed by atoms with Crippen molar-refractivity contribution in [1.29, 1.82) is 0 Å². The van der Waals surface area contributed by atoms with Crippen molar-refractivity contribution in [1.82, 2.24) is 14.8 Å². The number of hydrogen-bond acceptors (Lipinski definition) is 5. The highest BCUT2D eigenvalue weighted by atomic mass is 32.1. The van der Waals surface area contributed by atoms with Gasteiger partial charge >= 0.3 is 0 Å². The Labute approximate surface area is 177 Å². The average Bonchev–Trinajstić information content (AvgIpc) is 3.19. The number of anilines is 2. The van der Waals surface area contributed by atoms with E-state index in [1.807, 2.05) is 37.3 Å². The molecule has 0 amide bonds. The van der Waals surface area contributed by atoms with Crippen LogP contribution in [-0.2, 0) is 6.54 Å². The molecule has 1 aliphatic heterocycles. The molecule has 5 nitrogen and oxygen atoms in total. The Morgan fingerprint density at radius 1 is 1.00 bits per heavy atom. The molecular formula is C23H20FN5S. The van der Waals surface area contributed by atoms with E-state index in [1.165, 1.54) is 16.5 Å². The quantitative estimate of drug-likeness (QED) is 0.480. The highest BCUT2D eigenvalue weighted by Crippen LogP contribution is 2.36. The molecular weight excluding hydrogens is 397 g/mol. The molecule has 2 aromatic carbocycles. The number of benzene rings is 2. The lowest BCUT2D eigenvalue weighted by Gasteiger charge is -2.11. The maximum atomic E-state index is 13.9. The lowest BCUT2D eigenvalue weighted by Crippen LogP contribution is -2.07. The number of aromatic nitrogens is 3. The molecule has 150 valence electrons. The van der Waals surface area contributed by atoms with E-state index in [4.69, 9.17) is 4.99 Å². The summed E-state index contributed by atoms with van der Waals surface area (Å²) in [6.45, 7) is 6.72. The third-order valence-corrected chi connectivity index (χ3v) is 6.58. The average molecular weight is 418 g/mol. The fourth-order valence-electron chi connectivity index (χ4n) is 3.71. The molecule has 4 aromatic rings. The minimum Gasteiger partial charge on any atom is -0.353 e. The van der Waals surface area contributed by atoms with E-state index in [0.717, 1.165) is 39.2 Å². The Kier molecular flexibility index (Phi) is 4.47. The maximum Gasteiger partial charge on any atom is 0.160 e. The summed E-state index contributed by atoms with van der Waals surface area (Å²) >= 11 is 1.74. The van der Waals surface area contributed by atoms with Crippen molar-refractivity contribution in [3.05, 3.63) is 87.6 Å². The van der Waals surface area contributed by atoms with Gasteiger partial charge in [0.25, 0.3) is 0 Å². The number of para-hydroxylation sites is 1. The van der Waals surface area contributed by atoms with Crippen molar-refractivity contribution in [3.8, 4) is 5.00 Å². The number of hydrogen-bond donors (Lipinski definition) is 1. The molecule has 0 spiro atoms. The molecule has 2 aromatic heterocycles. The van der Waals surface area contributed by atoms with E-state index >= 15 is 0 Å². The van der Waals surface area contributed by atoms with Crippen LogP contribution in [0.25, 0.3) is 5.00 Å². The molecule has 0 fully saturated rings. The van der Waals surface area contributed by atoms with E-state index in [9.17, 15) is 4.39 Å². The van der Waals surface area contributed by atoms with Gasteiger partial charge < -0.3 is 5.32 Å². The Morgan fingerprint density at radius 2 is 1.77 bits per heavy atom. The minimum atomic E-state index is -0.276. The topological polar surface area (TPSA) is 55.1 Å². The summed E-state index contributed by atoms with van der Waals surface area (Å²) in [4.78, 5) is 6.17. The van der Waals surface area contributed by atoms with E-state index in [-0.39, 0.29) is 5.82 Å². The summed E-state index contributed by atoms with van der Waals surface area (Å²) in [6.07, 6.45) is 0. The Hall–Kier alpha value is -3.32. The zero-order valence-corrected chi connectivity index (χ0v) is 17.7. The lowest BCUT2D eigenvalue weighted by atomic mass is 9.99. The molecule has 3 heterocycles. The van der Waals surface area contributed by atoms with Crippen LogP contribution in [0.15, 0.2) is 53.5 Å². The molecule has 0 unspecified atom stereocenters. The van der Waals surface area contributed by atoms with Crippen LogP contribution in [-0.4, -0.2) is 20.5 Å². The summed E-state index contributed by atoms with van der Waals surface area (Å²) < 4.78 is 16.1. The molecule has 0 atom stereocenters.